The fourth-order valence-electron chi connectivity index (χ4n) is 3.96. The molecule has 0 amide bonds. The second kappa shape index (κ2) is 14.8. The van der Waals surface area contributed by atoms with Crippen molar-refractivity contribution in [2.75, 3.05) is 46.4 Å². The number of hydrogen-bond donors (Lipinski definition) is 2. The van der Waals surface area contributed by atoms with Crippen LogP contribution < -0.4 is 10.6 Å². The van der Waals surface area contributed by atoms with E-state index in [0.29, 0.717) is 18.3 Å². The zero-order valence-electron chi connectivity index (χ0n) is 17.5. The maximum atomic E-state index is 5.97. The number of aliphatic imine (C=N–C) groups is 1. The van der Waals surface area contributed by atoms with Gasteiger partial charge in [0.05, 0.1) is 18.3 Å². The van der Waals surface area contributed by atoms with E-state index in [-0.39, 0.29) is 24.0 Å². The topological polar surface area (TPSA) is 58.1 Å². The Labute approximate surface area is 183 Å². The molecule has 2 rings (SSSR count). The molecule has 2 unspecified atom stereocenters. The van der Waals surface area contributed by atoms with Gasteiger partial charge in [-0.15, -0.1) is 24.0 Å². The highest BCUT2D eigenvalue weighted by Gasteiger charge is 2.21. The zero-order chi connectivity index (χ0) is 18.6. The molecule has 0 spiro atoms. The first-order valence-corrected chi connectivity index (χ1v) is 10.6. The number of guanidine groups is 1. The Morgan fingerprint density at radius 2 is 1.67 bits per heavy atom. The molecule has 2 aliphatic rings. The molecule has 6 nitrogen and oxygen atoms in total. The summed E-state index contributed by atoms with van der Waals surface area (Å²) in [4.78, 5) is 6.80. The molecule has 2 atom stereocenters. The van der Waals surface area contributed by atoms with Crippen LogP contribution in [0.15, 0.2) is 4.99 Å². The smallest absolute Gasteiger partial charge is 0.190 e. The number of nitrogens with zero attached hydrogens (tertiary/aromatic N) is 2. The Morgan fingerprint density at radius 1 is 1.04 bits per heavy atom. The fraction of sp³-hybridized carbons (Fsp3) is 0.950. The molecule has 1 saturated heterocycles. The second-order valence-electron chi connectivity index (χ2n) is 7.78. The molecule has 160 valence electrons. The van der Waals surface area contributed by atoms with Crippen LogP contribution in [0.2, 0.25) is 0 Å². The third kappa shape index (κ3) is 10.9. The minimum Gasteiger partial charge on any atom is -0.378 e. The van der Waals surface area contributed by atoms with Crippen LogP contribution in [0.1, 0.15) is 58.8 Å². The van der Waals surface area contributed by atoms with Crippen molar-refractivity contribution in [2.45, 2.75) is 77.1 Å². The molecule has 0 aromatic carbocycles. The first kappa shape index (κ1) is 24.9. The van der Waals surface area contributed by atoms with Crippen LogP contribution in [0.3, 0.4) is 0 Å². The summed E-state index contributed by atoms with van der Waals surface area (Å²) in [6.45, 7) is 10.2. The first-order chi connectivity index (χ1) is 12.7. The maximum absolute atomic E-state index is 5.97. The van der Waals surface area contributed by atoms with Crippen molar-refractivity contribution in [1.82, 2.24) is 15.5 Å². The Kier molecular flexibility index (Phi) is 13.7. The number of nitrogens with one attached hydrogen (secondary N) is 2. The lowest BCUT2D eigenvalue weighted by atomic mass is 9.98. The van der Waals surface area contributed by atoms with Gasteiger partial charge in [0, 0.05) is 46.4 Å². The van der Waals surface area contributed by atoms with E-state index >= 15 is 0 Å². The van der Waals surface area contributed by atoms with Gasteiger partial charge >= 0.3 is 0 Å². The lowest BCUT2D eigenvalue weighted by molar-refractivity contribution is -0.0679. The summed E-state index contributed by atoms with van der Waals surface area (Å²) in [5, 5.41) is 6.80. The number of rotatable bonds is 9. The van der Waals surface area contributed by atoms with Crippen LogP contribution in [0, 0.1) is 0 Å². The van der Waals surface area contributed by atoms with E-state index in [9.17, 15) is 0 Å². The molecular weight excluding hydrogens is 455 g/mol. The molecule has 0 bridgehead atoms. The number of morpholine rings is 1. The minimum absolute atomic E-state index is 0. The predicted octanol–water partition coefficient (Wildman–Crippen LogP) is 3.01. The largest absolute Gasteiger partial charge is 0.378 e. The van der Waals surface area contributed by atoms with Crippen LogP contribution in [0.4, 0.5) is 0 Å². The molecule has 2 fully saturated rings. The Bertz CT molecular complexity index is 395. The quantitative estimate of drug-likeness (QED) is 0.223. The molecule has 0 aromatic rings. The molecule has 1 aliphatic carbocycles. The minimum atomic E-state index is 0. The van der Waals surface area contributed by atoms with Crippen LogP contribution in [-0.4, -0.2) is 75.5 Å². The highest BCUT2D eigenvalue weighted by Crippen LogP contribution is 2.20. The fourth-order valence-corrected chi connectivity index (χ4v) is 3.96. The Morgan fingerprint density at radius 3 is 2.30 bits per heavy atom. The molecular formula is C20H41IN4O2. The van der Waals surface area contributed by atoms with Gasteiger partial charge in [-0.1, -0.05) is 19.3 Å². The average molecular weight is 496 g/mol. The molecule has 7 heteroatoms. The molecule has 1 saturated carbocycles. The van der Waals surface area contributed by atoms with Crippen LogP contribution in [0.25, 0.3) is 0 Å². The summed E-state index contributed by atoms with van der Waals surface area (Å²) in [5.74, 6) is 0.895. The summed E-state index contributed by atoms with van der Waals surface area (Å²) in [6.07, 6.45) is 9.89. The highest BCUT2D eigenvalue weighted by molar-refractivity contribution is 14.0. The van der Waals surface area contributed by atoms with E-state index in [4.69, 9.17) is 9.47 Å². The van der Waals surface area contributed by atoms with Crippen molar-refractivity contribution in [3.63, 3.8) is 0 Å². The van der Waals surface area contributed by atoms with E-state index in [2.05, 4.69) is 34.4 Å². The van der Waals surface area contributed by atoms with E-state index in [1.807, 2.05) is 7.05 Å². The number of halogens is 1. The van der Waals surface area contributed by atoms with Gasteiger partial charge in [-0.05, 0) is 39.5 Å². The van der Waals surface area contributed by atoms with Gasteiger partial charge in [0.25, 0.3) is 0 Å². The van der Waals surface area contributed by atoms with E-state index in [1.54, 1.807) is 0 Å². The van der Waals surface area contributed by atoms with Gasteiger partial charge in [-0.25, -0.2) is 0 Å². The number of ether oxygens (including phenoxy) is 2. The average Bonchev–Trinajstić information content (AvgIpc) is 2.63. The van der Waals surface area contributed by atoms with E-state index in [1.165, 1.54) is 32.1 Å². The van der Waals surface area contributed by atoms with E-state index < -0.39 is 0 Å². The predicted molar refractivity (Wildman–Crippen MR) is 123 cm³/mol. The van der Waals surface area contributed by atoms with E-state index in [0.717, 1.165) is 58.1 Å². The van der Waals surface area contributed by atoms with Crippen molar-refractivity contribution in [3.05, 3.63) is 0 Å². The zero-order valence-corrected chi connectivity index (χ0v) is 19.9. The lowest BCUT2D eigenvalue weighted by Crippen LogP contribution is -2.46. The highest BCUT2D eigenvalue weighted by atomic mass is 127. The first-order valence-electron chi connectivity index (χ1n) is 10.6. The monoisotopic (exact) mass is 496 g/mol. The van der Waals surface area contributed by atoms with Crippen molar-refractivity contribution in [3.8, 4) is 0 Å². The molecule has 1 heterocycles. The van der Waals surface area contributed by atoms with Gasteiger partial charge in [0.15, 0.2) is 5.96 Å². The summed E-state index contributed by atoms with van der Waals surface area (Å²) in [5.41, 5.74) is 0. The van der Waals surface area contributed by atoms with Gasteiger partial charge in [-0.3, -0.25) is 9.89 Å². The van der Waals surface area contributed by atoms with Crippen molar-refractivity contribution < 1.29 is 9.47 Å². The molecule has 0 aromatic heterocycles. The molecule has 1 aliphatic heterocycles. The number of hydrogen-bond acceptors (Lipinski definition) is 4. The Hall–Kier alpha value is -0.120. The lowest BCUT2D eigenvalue weighted by Gasteiger charge is -2.35. The normalized spacial score (nSPS) is 25.1. The Balaban J connectivity index is 0.00000364. The molecule has 27 heavy (non-hydrogen) atoms. The van der Waals surface area contributed by atoms with Crippen molar-refractivity contribution in [2.24, 2.45) is 4.99 Å². The second-order valence-corrected chi connectivity index (χ2v) is 7.78. The summed E-state index contributed by atoms with van der Waals surface area (Å²) in [7, 11) is 1.83. The van der Waals surface area contributed by atoms with Gasteiger partial charge in [0.1, 0.15) is 0 Å². The van der Waals surface area contributed by atoms with Crippen LogP contribution in [0.5, 0.6) is 0 Å². The summed E-state index contributed by atoms with van der Waals surface area (Å²) < 4.78 is 11.7. The van der Waals surface area contributed by atoms with Crippen LogP contribution in [-0.2, 0) is 9.47 Å². The standard InChI is InChI=1S/C20H40N4O2.HI/c1-17-15-24(16-18(2)26-17)13-7-11-22-20(21-3)23-12-8-14-25-19-9-5-4-6-10-19;/h17-19H,4-16H2,1-3H3,(H2,21,22,23);1H. The van der Waals surface area contributed by atoms with Gasteiger partial charge in [-0.2, -0.15) is 0 Å². The SMILES string of the molecule is CN=C(NCCCOC1CCCCC1)NCCCN1CC(C)OC(C)C1.I. The third-order valence-electron chi connectivity index (χ3n) is 5.18. The van der Waals surface area contributed by atoms with Crippen LogP contribution >= 0.6 is 24.0 Å². The molecule has 0 radical (unpaired) electrons. The van der Waals surface area contributed by atoms with Crippen molar-refractivity contribution in [1.29, 1.82) is 0 Å². The van der Waals surface area contributed by atoms with Gasteiger partial charge in [0.2, 0.25) is 0 Å². The summed E-state index contributed by atoms with van der Waals surface area (Å²) >= 11 is 0. The van der Waals surface area contributed by atoms with Gasteiger partial charge < -0.3 is 20.1 Å². The summed E-state index contributed by atoms with van der Waals surface area (Å²) in [6, 6.07) is 0. The maximum Gasteiger partial charge on any atom is 0.190 e. The third-order valence-corrected chi connectivity index (χ3v) is 5.18. The molecule has 2 N–H and O–H groups in total. The van der Waals surface area contributed by atoms with Crippen molar-refractivity contribution >= 4 is 29.9 Å².